The van der Waals surface area contributed by atoms with Crippen LogP contribution in [-0.2, 0) is 0 Å². The molecule has 1 aromatic heterocycles. The van der Waals surface area contributed by atoms with Gasteiger partial charge in [0.25, 0.3) is 0 Å². The quantitative estimate of drug-likeness (QED) is 0.816. The molecule has 0 fully saturated rings. The lowest BCUT2D eigenvalue weighted by Crippen LogP contribution is -1.84. The average Bonchev–Trinajstić information content (AvgIpc) is 2.72. The highest BCUT2D eigenvalue weighted by Crippen LogP contribution is 2.36. The van der Waals surface area contributed by atoms with Gasteiger partial charge in [-0.05, 0) is 48.1 Å². The fourth-order valence-corrected chi connectivity index (χ4v) is 3.74. The summed E-state index contributed by atoms with van der Waals surface area (Å²) in [5.74, 6) is 0.178. The molecule has 1 N–H and O–H groups in total. The van der Waals surface area contributed by atoms with E-state index in [0.29, 0.717) is 0 Å². The lowest BCUT2D eigenvalue weighted by molar-refractivity contribution is 0.432. The van der Waals surface area contributed by atoms with Crippen molar-refractivity contribution in [3.63, 3.8) is 0 Å². The molecule has 1 heterocycles. The van der Waals surface area contributed by atoms with Crippen LogP contribution in [-0.4, -0.2) is 10.9 Å². The molecule has 90 valence electrons. The molecule has 0 radical (unpaired) electrons. The SMILES string of the molecule is CCSc1ccc(-c2cc(F)c(O)cc2C)s1. The van der Waals surface area contributed by atoms with Crippen LogP contribution in [0.15, 0.2) is 28.5 Å². The second-order valence-electron chi connectivity index (χ2n) is 3.67. The van der Waals surface area contributed by atoms with Crippen molar-refractivity contribution in [2.24, 2.45) is 0 Å². The van der Waals surface area contributed by atoms with Crippen LogP contribution in [0.5, 0.6) is 5.75 Å². The standard InChI is InChI=1S/C13H13FOS2/c1-3-16-13-5-4-12(17-13)9-7-10(14)11(15)6-8(9)2/h4-7,15H,3H2,1-2H3. The molecule has 0 saturated carbocycles. The van der Waals surface area contributed by atoms with Gasteiger partial charge in [-0.25, -0.2) is 4.39 Å². The molecular weight excluding hydrogens is 255 g/mol. The van der Waals surface area contributed by atoms with Gasteiger partial charge in [0.05, 0.1) is 4.21 Å². The van der Waals surface area contributed by atoms with Crippen molar-refractivity contribution in [1.82, 2.24) is 0 Å². The maximum absolute atomic E-state index is 13.3. The highest BCUT2D eigenvalue weighted by atomic mass is 32.2. The normalized spacial score (nSPS) is 10.8. The predicted octanol–water partition coefficient (Wildman–Crippen LogP) is 4.68. The first-order valence-electron chi connectivity index (χ1n) is 5.34. The van der Waals surface area contributed by atoms with Crippen molar-refractivity contribution >= 4 is 23.1 Å². The third-order valence-corrected chi connectivity index (χ3v) is 4.65. The van der Waals surface area contributed by atoms with E-state index in [1.54, 1.807) is 23.1 Å². The van der Waals surface area contributed by atoms with Crippen LogP contribution in [0.25, 0.3) is 10.4 Å². The number of aryl methyl sites for hydroxylation is 1. The van der Waals surface area contributed by atoms with Gasteiger partial charge in [0.15, 0.2) is 11.6 Å². The molecule has 4 heteroatoms. The zero-order chi connectivity index (χ0) is 12.4. The molecule has 2 aromatic rings. The Morgan fingerprint density at radius 2 is 2.12 bits per heavy atom. The minimum absolute atomic E-state index is 0.286. The van der Waals surface area contributed by atoms with Gasteiger partial charge in [-0.2, -0.15) is 0 Å². The van der Waals surface area contributed by atoms with Gasteiger partial charge in [-0.3, -0.25) is 0 Å². The van der Waals surface area contributed by atoms with Gasteiger partial charge in [0.2, 0.25) is 0 Å². The van der Waals surface area contributed by atoms with Crippen molar-refractivity contribution in [2.75, 3.05) is 5.75 Å². The van der Waals surface area contributed by atoms with E-state index in [-0.39, 0.29) is 5.75 Å². The van der Waals surface area contributed by atoms with E-state index in [4.69, 9.17) is 0 Å². The highest BCUT2D eigenvalue weighted by Gasteiger charge is 2.10. The number of phenolic OH excluding ortho intramolecular Hbond substituents is 1. The van der Waals surface area contributed by atoms with E-state index >= 15 is 0 Å². The number of halogens is 1. The van der Waals surface area contributed by atoms with Crippen LogP contribution in [0, 0.1) is 12.7 Å². The zero-order valence-electron chi connectivity index (χ0n) is 9.66. The Morgan fingerprint density at radius 3 is 2.82 bits per heavy atom. The molecule has 0 amide bonds. The fraction of sp³-hybridized carbons (Fsp3) is 0.231. The molecule has 0 bridgehead atoms. The van der Waals surface area contributed by atoms with E-state index in [1.165, 1.54) is 16.3 Å². The molecule has 1 aromatic carbocycles. The van der Waals surface area contributed by atoms with E-state index in [2.05, 4.69) is 13.0 Å². The summed E-state index contributed by atoms with van der Waals surface area (Å²) in [6.45, 7) is 3.98. The molecule has 0 aliphatic heterocycles. The molecule has 0 saturated heterocycles. The van der Waals surface area contributed by atoms with Crippen molar-refractivity contribution < 1.29 is 9.50 Å². The van der Waals surface area contributed by atoms with E-state index in [9.17, 15) is 9.50 Å². The molecule has 0 aliphatic rings. The van der Waals surface area contributed by atoms with Crippen LogP contribution in [0.4, 0.5) is 4.39 Å². The number of benzene rings is 1. The first kappa shape index (κ1) is 12.5. The summed E-state index contributed by atoms with van der Waals surface area (Å²) >= 11 is 3.43. The van der Waals surface area contributed by atoms with Gasteiger partial charge >= 0.3 is 0 Å². The molecule has 0 spiro atoms. The van der Waals surface area contributed by atoms with E-state index < -0.39 is 5.82 Å². The summed E-state index contributed by atoms with van der Waals surface area (Å²) in [6.07, 6.45) is 0. The summed E-state index contributed by atoms with van der Waals surface area (Å²) in [4.78, 5) is 1.04. The molecule has 2 rings (SSSR count). The van der Waals surface area contributed by atoms with Gasteiger partial charge in [-0.1, -0.05) is 6.92 Å². The van der Waals surface area contributed by atoms with Crippen molar-refractivity contribution in [2.45, 2.75) is 18.1 Å². The summed E-state index contributed by atoms with van der Waals surface area (Å²) < 4.78 is 14.6. The van der Waals surface area contributed by atoms with Gasteiger partial charge in [0, 0.05) is 4.88 Å². The largest absolute Gasteiger partial charge is 0.505 e. The summed E-state index contributed by atoms with van der Waals surface area (Å²) in [7, 11) is 0. The Bertz CT molecular complexity index is 534. The molecular formula is C13H13FOS2. The van der Waals surface area contributed by atoms with Gasteiger partial charge < -0.3 is 5.11 Å². The Kier molecular flexibility index (Phi) is 3.74. The lowest BCUT2D eigenvalue weighted by atomic mass is 10.1. The number of thioether (sulfide) groups is 1. The van der Waals surface area contributed by atoms with E-state index in [1.807, 2.05) is 13.0 Å². The fourth-order valence-electron chi connectivity index (χ4n) is 1.62. The van der Waals surface area contributed by atoms with Gasteiger partial charge in [0.1, 0.15) is 0 Å². The number of hydrogen-bond acceptors (Lipinski definition) is 3. The lowest BCUT2D eigenvalue weighted by Gasteiger charge is -2.04. The summed E-state index contributed by atoms with van der Waals surface area (Å²) in [6, 6.07) is 6.92. The maximum atomic E-state index is 13.3. The third-order valence-electron chi connectivity index (χ3n) is 2.43. The highest BCUT2D eigenvalue weighted by molar-refractivity contribution is 8.01. The summed E-state index contributed by atoms with van der Waals surface area (Å²) in [5.41, 5.74) is 1.74. The Balaban J connectivity index is 2.41. The minimum atomic E-state index is -0.566. The second kappa shape index (κ2) is 5.10. The number of aromatic hydroxyl groups is 1. The van der Waals surface area contributed by atoms with Crippen LogP contribution in [0.2, 0.25) is 0 Å². The molecule has 0 unspecified atom stereocenters. The van der Waals surface area contributed by atoms with E-state index in [0.717, 1.165) is 21.8 Å². The molecule has 17 heavy (non-hydrogen) atoms. The van der Waals surface area contributed by atoms with Crippen LogP contribution < -0.4 is 0 Å². The number of hydrogen-bond donors (Lipinski definition) is 1. The maximum Gasteiger partial charge on any atom is 0.165 e. The van der Waals surface area contributed by atoms with Crippen LogP contribution in [0.1, 0.15) is 12.5 Å². The van der Waals surface area contributed by atoms with Crippen LogP contribution in [0.3, 0.4) is 0 Å². The Morgan fingerprint density at radius 1 is 1.35 bits per heavy atom. The summed E-state index contributed by atoms with van der Waals surface area (Å²) in [5, 5.41) is 9.29. The van der Waals surface area contributed by atoms with Crippen molar-refractivity contribution in [3.05, 3.63) is 35.6 Å². The Labute approximate surface area is 108 Å². The Hall–Kier alpha value is -1.00. The molecule has 0 atom stereocenters. The number of rotatable bonds is 3. The second-order valence-corrected chi connectivity index (χ2v) is 6.32. The first-order valence-corrected chi connectivity index (χ1v) is 7.14. The number of thiophene rings is 1. The first-order chi connectivity index (χ1) is 8.11. The smallest absolute Gasteiger partial charge is 0.165 e. The third kappa shape index (κ3) is 2.64. The van der Waals surface area contributed by atoms with Crippen LogP contribution >= 0.6 is 23.1 Å². The molecule has 1 nitrogen and oxygen atoms in total. The van der Waals surface area contributed by atoms with Gasteiger partial charge in [-0.15, -0.1) is 23.1 Å². The predicted molar refractivity (Wildman–Crippen MR) is 72.5 cm³/mol. The monoisotopic (exact) mass is 268 g/mol. The number of phenols is 1. The topological polar surface area (TPSA) is 20.2 Å². The zero-order valence-corrected chi connectivity index (χ0v) is 11.3. The molecule has 0 aliphatic carbocycles. The van der Waals surface area contributed by atoms with Crippen molar-refractivity contribution in [3.8, 4) is 16.2 Å². The van der Waals surface area contributed by atoms with Crippen molar-refractivity contribution in [1.29, 1.82) is 0 Å². The average molecular weight is 268 g/mol. The minimum Gasteiger partial charge on any atom is -0.505 e.